The van der Waals surface area contributed by atoms with Gasteiger partial charge in [0.2, 0.25) is 0 Å². The number of rotatable bonds is 6. The van der Waals surface area contributed by atoms with Crippen molar-refractivity contribution in [3.05, 3.63) is 108 Å². The van der Waals surface area contributed by atoms with E-state index in [0.29, 0.717) is 29.3 Å². The molecule has 4 rings (SSSR count). The van der Waals surface area contributed by atoms with E-state index in [1.165, 1.54) is 4.90 Å². The minimum absolute atomic E-state index is 0.0154. The van der Waals surface area contributed by atoms with Crippen LogP contribution >= 0.6 is 0 Å². The van der Waals surface area contributed by atoms with Crippen molar-refractivity contribution < 1.29 is 19.4 Å². The van der Waals surface area contributed by atoms with Crippen LogP contribution in [0.2, 0.25) is 0 Å². The van der Waals surface area contributed by atoms with Crippen LogP contribution in [0.15, 0.2) is 97.2 Å². The Morgan fingerprint density at radius 3 is 2.39 bits per heavy atom. The SMILES string of the molecule is C=CCOc1ccc(C(O)=C2C(=O)C(=O)N(c3ccccn3)[C@H]2c2ccccc2)cc1. The summed E-state index contributed by atoms with van der Waals surface area (Å²) >= 11 is 0. The van der Waals surface area contributed by atoms with Crippen molar-refractivity contribution in [1.29, 1.82) is 0 Å². The summed E-state index contributed by atoms with van der Waals surface area (Å²) in [4.78, 5) is 31.6. The number of Topliss-reactive ketones (excluding diaryl/α,β-unsaturated/α-hetero) is 1. The van der Waals surface area contributed by atoms with E-state index in [9.17, 15) is 14.7 Å². The van der Waals surface area contributed by atoms with Crippen LogP contribution in [0.1, 0.15) is 17.2 Å². The standard InChI is InChI=1S/C25H20N2O4/c1-2-16-31-19-13-11-18(12-14-19)23(28)21-22(17-8-4-3-5-9-17)27(25(30)24(21)29)20-10-6-7-15-26-20/h2-15,22,28H,1,16H2/t22-/m0/s1. The Balaban J connectivity index is 1.83. The maximum absolute atomic E-state index is 13.0. The molecule has 1 aliphatic heterocycles. The van der Waals surface area contributed by atoms with Gasteiger partial charge in [0, 0.05) is 11.8 Å². The zero-order valence-electron chi connectivity index (χ0n) is 16.6. The van der Waals surface area contributed by atoms with E-state index in [4.69, 9.17) is 4.74 Å². The van der Waals surface area contributed by atoms with E-state index in [2.05, 4.69) is 11.6 Å². The molecule has 1 fully saturated rings. The third-order valence-electron chi connectivity index (χ3n) is 4.95. The van der Waals surface area contributed by atoms with Crippen molar-refractivity contribution in [2.24, 2.45) is 0 Å². The number of carbonyl (C=O) groups is 2. The lowest BCUT2D eigenvalue weighted by Crippen LogP contribution is -2.30. The maximum Gasteiger partial charge on any atom is 0.301 e. The molecule has 6 nitrogen and oxygen atoms in total. The summed E-state index contributed by atoms with van der Waals surface area (Å²) < 4.78 is 5.47. The Hall–Kier alpha value is -4.19. The van der Waals surface area contributed by atoms with Crippen molar-refractivity contribution in [3.8, 4) is 5.75 Å². The van der Waals surface area contributed by atoms with Gasteiger partial charge in [-0.15, -0.1) is 0 Å². The van der Waals surface area contributed by atoms with Crippen LogP contribution in [0.4, 0.5) is 5.82 Å². The van der Waals surface area contributed by atoms with Crippen LogP contribution in [0.25, 0.3) is 5.76 Å². The molecule has 6 heteroatoms. The average Bonchev–Trinajstić information content (AvgIpc) is 3.09. The van der Waals surface area contributed by atoms with Crippen LogP contribution in [0, 0.1) is 0 Å². The fraction of sp³-hybridized carbons (Fsp3) is 0.0800. The molecule has 0 unspecified atom stereocenters. The normalized spacial score (nSPS) is 17.5. The van der Waals surface area contributed by atoms with Crippen LogP contribution in [0.5, 0.6) is 5.75 Å². The van der Waals surface area contributed by atoms with Crippen molar-refractivity contribution in [2.45, 2.75) is 6.04 Å². The molecule has 0 spiro atoms. The Bertz CT molecular complexity index is 1140. The van der Waals surface area contributed by atoms with Gasteiger partial charge in [0.1, 0.15) is 23.9 Å². The Labute approximate surface area is 179 Å². The molecular formula is C25H20N2O4. The van der Waals surface area contributed by atoms with E-state index in [-0.39, 0.29) is 11.3 Å². The van der Waals surface area contributed by atoms with Crippen LogP contribution in [0.3, 0.4) is 0 Å². The molecule has 2 aromatic carbocycles. The molecule has 154 valence electrons. The topological polar surface area (TPSA) is 79.7 Å². The Morgan fingerprint density at radius 2 is 1.74 bits per heavy atom. The smallest absolute Gasteiger partial charge is 0.301 e. The molecule has 3 aromatic rings. The average molecular weight is 412 g/mol. The fourth-order valence-electron chi connectivity index (χ4n) is 3.54. The Morgan fingerprint density at radius 1 is 1.03 bits per heavy atom. The van der Waals surface area contributed by atoms with E-state index in [1.54, 1.807) is 54.7 Å². The minimum Gasteiger partial charge on any atom is -0.507 e. The predicted molar refractivity (Wildman–Crippen MR) is 118 cm³/mol. The first kappa shape index (κ1) is 20.1. The van der Waals surface area contributed by atoms with Gasteiger partial charge in [-0.3, -0.25) is 14.5 Å². The number of hydrogen-bond donors (Lipinski definition) is 1. The van der Waals surface area contributed by atoms with Gasteiger partial charge in [0.05, 0.1) is 11.6 Å². The molecule has 1 amide bonds. The lowest BCUT2D eigenvalue weighted by atomic mass is 9.95. The molecule has 0 aliphatic carbocycles. The Kier molecular flexibility index (Phi) is 5.62. The third-order valence-corrected chi connectivity index (χ3v) is 4.95. The number of aliphatic hydroxyl groups is 1. The predicted octanol–water partition coefficient (Wildman–Crippen LogP) is 4.27. The largest absolute Gasteiger partial charge is 0.507 e. The molecule has 1 aliphatic rings. The lowest BCUT2D eigenvalue weighted by molar-refractivity contribution is -0.132. The van der Waals surface area contributed by atoms with Crippen molar-refractivity contribution in [3.63, 3.8) is 0 Å². The first-order valence-electron chi connectivity index (χ1n) is 9.73. The maximum atomic E-state index is 13.0. The molecule has 31 heavy (non-hydrogen) atoms. The van der Waals surface area contributed by atoms with E-state index in [1.807, 2.05) is 30.3 Å². The van der Waals surface area contributed by atoms with Gasteiger partial charge in [0.15, 0.2) is 0 Å². The summed E-state index contributed by atoms with van der Waals surface area (Å²) in [6.45, 7) is 3.96. The van der Waals surface area contributed by atoms with Gasteiger partial charge in [-0.2, -0.15) is 0 Å². The van der Waals surface area contributed by atoms with Gasteiger partial charge in [0.25, 0.3) is 5.78 Å². The quantitative estimate of drug-likeness (QED) is 0.283. The van der Waals surface area contributed by atoms with Crippen molar-refractivity contribution in [2.75, 3.05) is 11.5 Å². The molecular weight excluding hydrogens is 392 g/mol. The summed E-state index contributed by atoms with van der Waals surface area (Å²) in [5.74, 6) is -0.805. The highest BCUT2D eigenvalue weighted by molar-refractivity contribution is 6.51. The van der Waals surface area contributed by atoms with Crippen LogP contribution in [-0.2, 0) is 9.59 Å². The number of nitrogens with zero attached hydrogens (tertiary/aromatic N) is 2. The monoisotopic (exact) mass is 412 g/mol. The number of benzene rings is 2. The lowest BCUT2D eigenvalue weighted by Gasteiger charge is -2.24. The molecule has 2 heterocycles. The number of hydrogen-bond acceptors (Lipinski definition) is 5. The summed E-state index contributed by atoms with van der Waals surface area (Å²) in [7, 11) is 0. The highest BCUT2D eigenvalue weighted by atomic mass is 16.5. The number of ketones is 1. The number of carbonyl (C=O) groups excluding carboxylic acids is 2. The van der Waals surface area contributed by atoms with Crippen LogP contribution < -0.4 is 9.64 Å². The number of aromatic nitrogens is 1. The number of anilines is 1. The van der Waals surface area contributed by atoms with Gasteiger partial charge in [-0.05, 0) is 42.0 Å². The van der Waals surface area contributed by atoms with Crippen molar-refractivity contribution in [1.82, 2.24) is 4.98 Å². The molecule has 1 aromatic heterocycles. The number of amides is 1. The summed E-state index contributed by atoms with van der Waals surface area (Å²) in [6, 6.07) is 20.1. The molecule has 0 radical (unpaired) electrons. The number of aliphatic hydroxyl groups excluding tert-OH is 1. The zero-order chi connectivity index (χ0) is 21.8. The molecule has 1 N–H and O–H groups in total. The molecule has 1 atom stereocenters. The molecule has 1 saturated heterocycles. The number of pyridine rings is 1. The zero-order valence-corrected chi connectivity index (χ0v) is 16.6. The second kappa shape index (κ2) is 8.67. The van der Waals surface area contributed by atoms with Gasteiger partial charge in [-0.1, -0.05) is 49.1 Å². The summed E-state index contributed by atoms with van der Waals surface area (Å²) in [5, 5.41) is 11.1. The highest BCUT2D eigenvalue weighted by Crippen LogP contribution is 2.41. The first-order chi connectivity index (χ1) is 15.1. The highest BCUT2D eigenvalue weighted by Gasteiger charge is 2.47. The molecule has 0 bridgehead atoms. The van der Waals surface area contributed by atoms with Crippen LogP contribution in [-0.4, -0.2) is 28.4 Å². The van der Waals surface area contributed by atoms with Gasteiger partial charge >= 0.3 is 5.91 Å². The number of ether oxygens (including phenoxy) is 1. The van der Waals surface area contributed by atoms with E-state index < -0.39 is 17.7 Å². The summed E-state index contributed by atoms with van der Waals surface area (Å²) in [5.41, 5.74) is 1.12. The second-order valence-electron chi connectivity index (χ2n) is 6.89. The van der Waals surface area contributed by atoms with Crippen molar-refractivity contribution >= 4 is 23.3 Å². The van der Waals surface area contributed by atoms with Gasteiger partial charge in [-0.25, -0.2) is 4.98 Å². The molecule has 0 saturated carbocycles. The second-order valence-corrected chi connectivity index (χ2v) is 6.89. The minimum atomic E-state index is -0.798. The third kappa shape index (κ3) is 3.83. The first-order valence-corrected chi connectivity index (χ1v) is 9.73. The van der Waals surface area contributed by atoms with E-state index in [0.717, 1.165) is 0 Å². The summed E-state index contributed by atoms with van der Waals surface area (Å²) in [6.07, 6.45) is 3.19. The fourth-order valence-corrected chi connectivity index (χ4v) is 3.54. The van der Waals surface area contributed by atoms with Gasteiger partial charge < -0.3 is 9.84 Å². The van der Waals surface area contributed by atoms with E-state index >= 15 is 0 Å².